The van der Waals surface area contributed by atoms with Gasteiger partial charge in [-0.15, -0.1) is 0 Å². The zero-order valence-electron chi connectivity index (χ0n) is 9.88. The number of primary amides is 1. The lowest BCUT2D eigenvalue weighted by Crippen LogP contribution is -2.15. The van der Waals surface area contributed by atoms with Gasteiger partial charge in [0.15, 0.2) is 0 Å². The molecule has 0 aliphatic rings. The molecule has 0 unspecified atom stereocenters. The molecule has 94 valence electrons. The van der Waals surface area contributed by atoms with E-state index in [1.807, 2.05) is 24.3 Å². The summed E-state index contributed by atoms with van der Waals surface area (Å²) in [5.41, 5.74) is 8.08. The van der Waals surface area contributed by atoms with Crippen LogP contribution in [0.3, 0.4) is 0 Å². The van der Waals surface area contributed by atoms with E-state index in [2.05, 4.69) is 4.98 Å². The summed E-state index contributed by atoms with van der Waals surface area (Å²) in [6.45, 7) is 0. The third-order valence-corrected chi connectivity index (χ3v) is 3.27. The number of hydrogen-bond acceptors (Lipinski definition) is 2. The van der Waals surface area contributed by atoms with Crippen molar-refractivity contribution < 1.29 is 4.79 Å². The molecule has 1 amide bonds. The number of halogens is 1. The summed E-state index contributed by atoms with van der Waals surface area (Å²) in [6, 6.07) is 12.9. The molecule has 4 nitrogen and oxygen atoms in total. The molecule has 2 aromatic carbocycles. The Bertz CT molecular complexity index is 779. The van der Waals surface area contributed by atoms with Crippen molar-refractivity contribution in [2.75, 3.05) is 0 Å². The minimum absolute atomic E-state index is 0.298. The quantitative estimate of drug-likeness (QED) is 0.779. The lowest BCUT2D eigenvalue weighted by molar-refractivity contribution is 0.100. The second-order valence-electron chi connectivity index (χ2n) is 4.10. The van der Waals surface area contributed by atoms with Crippen LogP contribution in [0.2, 0.25) is 5.02 Å². The molecule has 0 bridgehead atoms. The number of amides is 1. The third kappa shape index (κ3) is 1.86. The van der Waals surface area contributed by atoms with Crippen LogP contribution in [0.1, 0.15) is 10.4 Å². The zero-order chi connectivity index (χ0) is 13.4. The average Bonchev–Trinajstić information content (AvgIpc) is 2.81. The highest BCUT2D eigenvalue weighted by Crippen LogP contribution is 2.25. The van der Waals surface area contributed by atoms with E-state index in [0.717, 1.165) is 11.0 Å². The van der Waals surface area contributed by atoms with E-state index in [1.165, 1.54) is 0 Å². The minimum Gasteiger partial charge on any atom is -0.365 e. The van der Waals surface area contributed by atoms with Gasteiger partial charge in [-0.2, -0.15) is 0 Å². The molecule has 19 heavy (non-hydrogen) atoms. The van der Waals surface area contributed by atoms with Crippen LogP contribution in [-0.2, 0) is 0 Å². The summed E-state index contributed by atoms with van der Waals surface area (Å²) >= 11 is 6.06. The lowest BCUT2D eigenvalue weighted by Gasteiger charge is -2.10. The fraction of sp³-hybridized carbons (Fsp3) is 0. The van der Waals surface area contributed by atoms with Crippen LogP contribution in [0, 0.1) is 0 Å². The highest BCUT2D eigenvalue weighted by Gasteiger charge is 2.15. The van der Waals surface area contributed by atoms with E-state index in [0.29, 0.717) is 16.3 Å². The van der Waals surface area contributed by atoms with Gasteiger partial charge in [-0.05, 0) is 24.3 Å². The van der Waals surface area contributed by atoms with Crippen molar-refractivity contribution in [3.05, 3.63) is 59.4 Å². The fourth-order valence-electron chi connectivity index (χ4n) is 2.11. The molecule has 3 rings (SSSR count). The summed E-state index contributed by atoms with van der Waals surface area (Å²) < 4.78 is 1.81. The van der Waals surface area contributed by atoms with Crippen molar-refractivity contribution in [2.45, 2.75) is 0 Å². The predicted molar refractivity (Wildman–Crippen MR) is 74.6 cm³/mol. The second-order valence-corrected chi connectivity index (χ2v) is 4.51. The first-order valence-electron chi connectivity index (χ1n) is 5.69. The standard InChI is InChI=1S/C14H10ClN3O/c15-9-4-3-7-12(13(9)14(16)19)18-8-17-10-5-1-2-6-11(10)18/h1-8H,(H2,16,19). The molecule has 1 heterocycles. The van der Waals surface area contributed by atoms with E-state index < -0.39 is 5.91 Å². The van der Waals surface area contributed by atoms with Crippen molar-refractivity contribution in [2.24, 2.45) is 5.73 Å². The molecule has 3 aromatic rings. The third-order valence-electron chi connectivity index (χ3n) is 2.95. The zero-order valence-corrected chi connectivity index (χ0v) is 10.6. The van der Waals surface area contributed by atoms with Gasteiger partial charge >= 0.3 is 0 Å². The Hall–Kier alpha value is -2.33. The molecule has 2 N–H and O–H groups in total. The van der Waals surface area contributed by atoms with Crippen LogP contribution < -0.4 is 5.73 Å². The Morgan fingerprint density at radius 2 is 1.95 bits per heavy atom. The van der Waals surface area contributed by atoms with Crippen LogP contribution in [-0.4, -0.2) is 15.5 Å². The summed E-state index contributed by atoms with van der Waals surface area (Å²) in [4.78, 5) is 15.9. The van der Waals surface area contributed by atoms with E-state index >= 15 is 0 Å². The molecule has 0 radical (unpaired) electrons. The molecule has 0 fully saturated rings. The summed E-state index contributed by atoms with van der Waals surface area (Å²) in [6.07, 6.45) is 1.66. The Morgan fingerprint density at radius 1 is 1.16 bits per heavy atom. The first-order chi connectivity index (χ1) is 9.18. The fourth-order valence-corrected chi connectivity index (χ4v) is 2.37. The molecule has 0 saturated heterocycles. The maximum atomic E-state index is 11.6. The highest BCUT2D eigenvalue weighted by molar-refractivity contribution is 6.34. The number of imidazole rings is 1. The topological polar surface area (TPSA) is 60.9 Å². The van der Waals surface area contributed by atoms with Crippen LogP contribution in [0.4, 0.5) is 0 Å². The van der Waals surface area contributed by atoms with Gasteiger partial charge in [0.05, 0.1) is 27.3 Å². The van der Waals surface area contributed by atoms with Gasteiger partial charge in [0.2, 0.25) is 0 Å². The summed E-state index contributed by atoms with van der Waals surface area (Å²) in [7, 11) is 0. The molecule has 0 atom stereocenters. The van der Waals surface area contributed by atoms with E-state index in [-0.39, 0.29) is 0 Å². The van der Waals surface area contributed by atoms with Crippen LogP contribution in [0.15, 0.2) is 48.8 Å². The van der Waals surface area contributed by atoms with E-state index in [4.69, 9.17) is 17.3 Å². The second kappa shape index (κ2) is 4.40. The van der Waals surface area contributed by atoms with Crippen molar-refractivity contribution in [3.63, 3.8) is 0 Å². The van der Waals surface area contributed by atoms with Crippen molar-refractivity contribution in [1.82, 2.24) is 9.55 Å². The van der Waals surface area contributed by atoms with Crippen LogP contribution >= 0.6 is 11.6 Å². The number of nitrogens with zero attached hydrogens (tertiary/aromatic N) is 2. The Balaban J connectivity index is 2.33. The Morgan fingerprint density at radius 3 is 2.74 bits per heavy atom. The number of hydrogen-bond donors (Lipinski definition) is 1. The van der Waals surface area contributed by atoms with Gasteiger partial charge in [0.1, 0.15) is 6.33 Å². The number of carbonyl (C=O) groups excluding carboxylic acids is 1. The largest absolute Gasteiger partial charge is 0.365 e. The highest BCUT2D eigenvalue weighted by atomic mass is 35.5. The monoisotopic (exact) mass is 271 g/mol. The van der Waals surface area contributed by atoms with E-state index in [9.17, 15) is 4.79 Å². The first-order valence-corrected chi connectivity index (χ1v) is 6.07. The lowest BCUT2D eigenvalue weighted by atomic mass is 10.1. The molecule has 1 aromatic heterocycles. The molecular weight excluding hydrogens is 262 g/mol. The van der Waals surface area contributed by atoms with Gasteiger partial charge in [0.25, 0.3) is 5.91 Å². The normalized spacial score (nSPS) is 10.8. The average molecular weight is 272 g/mol. The Labute approximate surface area is 114 Å². The molecular formula is C14H10ClN3O. The van der Waals surface area contributed by atoms with Gasteiger partial charge in [-0.1, -0.05) is 29.8 Å². The van der Waals surface area contributed by atoms with Crippen LogP contribution in [0.25, 0.3) is 16.7 Å². The summed E-state index contributed by atoms with van der Waals surface area (Å²) in [5, 5.41) is 0.336. The smallest absolute Gasteiger partial charge is 0.252 e. The van der Waals surface area contributed by atoms with Gasteiger partial charge in [-0.25, -0.2) is 4.98 Å². The number of rotatable bonds is 2. The molecule has 0 saturated carbocycles. The number of para-hydroxylation sites is 2. The predicted octanol–water partition coefficient (Wildman–Crippen LogP) is 2.78. The van der Waals surface area contributed by atoms with Gasteiger partial charge in [-0.3, -0.25) is 9.36 Å². The number of aromatic nitrogens is 2. The van der Waals surface area contributed by atoms with Crippen molar-refractivity contribution in [1.29, 1.82) is 0 Å². The Kier molecular flexibility index (Phi) is 2.72. The van der Waals surface area contributed by atoms with Gasteiger partial charge in [0, 0.05) is 0 Å². The maximum Gasteiger partial charge on any atom is 0.252 e. The molecule has 5 heteroatoms. The van der Waals surface area contributed by atoms with Crippen molar-refractivity contribution in [3.8, 4) is 5.69 Å². The first kappa shape index (κ1) is 11.7. The van der Waals surface area contributed by atoms with Crippen molar-refractivity contribution >= 4 is 28.5 Å². The molecule has 0 spiro atoms. The SMILES string of the molecule is NC(=O)c1c(Cl)cccc1-n1cnc2ccccc21. The molecule has 0 aliphatic heterocycles. The number of fused-ring (bicyclic) bond motifs is 1. The van der Waals surface area contributed by atoms with E-state index in [1.54, 1.807) is 29.1 Å². The van der Waals surface area contributed by atoms with Gasteiger partial charge < -0.3 is 5.73 Å². The summed E-state index contributed by atoms with van der Waals surface area (Å²) in [5.74, 6) is -0.557. The maximum absolute atomic E-state index is 11.6. The number of carbonyl (C=O) groups is 1. The molecule has 0 aliphatic carbocycles. The number of benzene rings is 2. The van der Waals surface area contributed by atoms with Crippen LogP contribution in [0.5, 0.6) is 0 Å². The minimum atomic E-state index is -0.557. The number of nitrogens with two attached hydrogens (primary N) is 1.